The number of hydrogen-bond acceptors (Lipinski definition) is 7. The summed E-state index contributed by atoms with van der Waals surface area (Å²) in [5, 5.41) is 1.75. The van der Waals surface area contributed by atoms with Crippen LogP contribution in [-0.4, -0.2) is 47.8 Å². The molecule has 1 saturated heterocycles. The Labute approximate surface area is 244 Å². The van der Waals surface area contributed by atoms with Gasteiger partial charge >= 0.3 is 0 Å². The number of benzene rings is 3. The van der Waals surface area contributed by atoms with Crippen molar-refractivity contribution in [1.82, 2.24) is 14.8 Å². The minimum absolute atomic E-state index is 0.00727. The van der Waals surface area contributed by atoms with E-state index in [9.17, 15) is 26.4 Å². The number of unbranched alkanes of at least 4 members (excludes halogenated alkanes) is 1. The fourth-order valence-corrected chi connectivity index (χ4v) is 7.40. The van der Waals surface area contributed by atoms with E-state index >= 15 is 0 Å². The van der Waals surface area contributed by atoms with Crippen LogP contribution in [0.1, 0.15) is 35.6 Å². The number of hydrogen-bond donors (Lipinski definition) is 3. The van der Waals surface area contributed by atoms with Crippen LogP contribution in [0.2, 0.25) is 5.02 Å². The fraction of sp³-hybridized carbons (Fsp3) is 0.286. The highest BCUT2D eigenvalue weighted by Crippen LogP contribution is 2.35. The van der Waals surface area contributed by atoms with Crippen LogP contribution < -0.4 is 19.5 Å². The molecular weight excluding hydrogens is 590 g/mol. The molecule has 10 nitrogen and oxygen atoms in total. The highest BCUT2D eigenvalue weighted by molar-refractivity contribution is 7.90. The first-order chi connectivity index (χ1) is 19.5. The molecule has 0 spiro atoms. The predicted octanol–water partition coefficient (Wildman–Crippen LogP) is 3.10. The molecule has 1 fully saturated rings. The van der Waals surface area contributed by atoms with Gasteiger partial charge in [0.25, 0.3) is 0 Å². The Morgan fingerprint density at radius 2 is 1.71 bits per heavy atom. The van der Waals surface area contributed by atoms with Crippen LogP contribution in [0.4, 0.5) is 0 Å². The standard InChI is InChI=1S/C28H30ClN3O7S2/c29-24-17-20(13-14-23(24)26-19-27(33)32-41(26,37)38)18-25(31-40(35,36)22-11-5-2-6-12-22)28(34)30-15-7-8-16-39-21-9-3-1-4-10-21/h1-6,9-14,17,25-26,31H,7-8,15-16,18-19H2,(H,30,34)(H,32,33). The number of carbonyl (C=O) groups excluding carboxylic acids is 2. The third kappa shape index (κ3) is 8.29. The summed E-state index contributed by atoms with van der Waals surface area (Å²) in [7, 11) is -7.93. The molecule has 1 aliphatic heterocycles. The van der Waals surface area contributed by atoms with E-state index in [0.29, 0.717) is 31.6 Å². The number of para-hydroxylation sites is 1. The maximum absolute atomic E-state index is 13.2. The Bertz CT molecular complexity index is 1590. The molecule has 3 N–H and O–H groups in total. The number of nitrogens with one attached hydrogen (secondary N) is 3. The zero-order chi connectivity index (χ0) is 29.5. The first-order valence-electron chi connectivity index (χ1n) is 12.9. The normalized spacial score (nSPS) is 17.0. The monoisotopic (exact) mass is 619 g/mol. The lowest BCUT2D eigenvalue weighted by Crippen LogP contribution is -2.48. The molecule has 1 heterocycles. The topological polar surface area (TPSA) is 148 Å². The Morgan fingerprint density at radius 3 is 2.34 bits per heavy atom. The molecule has 218 valence electrons. The number of halogens is 1. The zero-order valence-corrected chi connectivity index (χ0v) is 24.3. The molecular formula is C28H30ClN3O7S2. The van der Waals surface area contributed by atoms with Gasteiger partial charge in [0, 0.05) is 11.6 Å². The smallest absolute Gasteiger partial charge is 0.242 e. The number of rotatable bonds is 13. The van der Waals surface area contributed by atoms with Crippen LogP contribution in [0.25, 0.3) is 0 Å². The van der Waals surface area contributed by atoms with Crippen molar-refractivity contribution in [2.24, 2.45) is 0 Å². The molecule has 13 heteroatoms. The van der Waals surface area contributed by atoms with E-state index in [-0.39, 0.29) is 28.3 Å². The van der Waals surface area contributed by atoms with Crippen molar-refractivity contribution >= 4 is 43.5 Å². The van der Waals surface area contributed by atoms with Gasteiger partial charge in [-0.15, -0.1) is 0 Å². The van der Waals surface area contributed by atoms with Crippen LogP contribution in [0, 0.1) is 0 Å². The molecule has 3 aromatic rings. The second-order valence-corrected chi connectivity index (χ2v) is 13.5. The second-order valence-electron chi connectivity index (χ2n) is 9.47. The molecule has 1 aliphatic rings. The number of carbonyl (C=O) groups is 2. The number of amides is 2. The molecule has 3 aromatic carbocycles. The minimum atomic E-state index is -4.04. The van der Waals surface area contributed by atoms with Gasteiger partial charge in [-0.05, 0) is 60.7 Å². The van der Waals surface area contributed by atoms with E-state index in [2.05, 4.69) is 10.0 Å². The van der Waals surface area contributed by atoms with Crippen molar-refractivity contribution < 1.29 is 31.2 Å². The van der Waals surface area contributed by atoms with Crippen LogP contribution in [-0.2, 0) is 36.1 Å². The quantitative estimate of drug-likeness (QED) is 0.249. The first kappa shape index (κ1) is 30.5. The summed E-state index contributed by atoms with van der Waals surface area (Å²) in [5.41, 5.74) is 0.748. The number of ether oxygens (including phenoxy) is 1. The molecule has 0 aromatic heterocycles. The Kier molecular flexibility index (Phi) is 10.0. The van der Waals surface area contributed by atoms with Gasteiger partial charge in [0.15, 0.2) is 0 Å². The SMILES string of the molecule is O=C1CC(c2ccc(CC(NS(=O)(=O)c3ccccc3)C(=O)NCCCCOc3ccccc3)cc2Cl)S(=O)(=O)N1. The lowest BCUT2D eigenvalue weighted by molar-refractivity contribution is -0.122. The molecule has 0 aliphatic carbocycles. The maximum atomic E-state index is 13.2. The van der Waals surface area contributed by atoms with Crippen LogP contribution in [0.5, 0.6) is 5.75 Å². The van der Waals surface area contributed by atoms with E-state index in [4.69, 9.17) is 16.3 Å². The van der Waals surface area contributed by atoms with Crippen molar-refractivity contribution in [3.63, 3.8) is 0 Å². The molecule has 4 rings (SSSR count). The highest BCUT2D eigenvalue weighted by atomic mass is 35.5. The highest BCUT2D eigenvalue weighted by Gasteiger charge is 2.39. The molecule has 41 heavy (non-hydrogen) atoms. The minimum Gasteiger partial charge on any atom is -0.494 e. The Hall–Kier alpha value is -3.45. The van der Waals surface area contributed by atoms with Crippen molar-refractivity contribution in [3.05, 3.63) is 95.0 Å². The van der Waals surface area contributed by atoms with E-state index in [1.54, 1.807) is 24.3 Å². The van der Waals surface area contributed by atoms with Gasteiger partial charge in [-0.25, -0.2) is 16.8 Å². The third-order valence-electron chi connectivity index (χ3n) is 6.40. The molecule has 0 bridgehead atoms. The summed E-state index contributed by atoms with van der Waals surface area (Å²) in [6.07, 6.45) is 0.983. The van der Waals surface area contributed by atoms with Crippen molar-refractivity contribution in [2.75, 3.05) is 13.2 Å². The van der Waals surface area contributed by atoms with E-state index in [1.165, 1.54) is 24.3 Å². The van der Waals surface area contributed by atoms with Gasteiger partial charge in [-0.3, -0.25) is 14.3 Å². The average Bonchev–Trinajstić information content (AvgIpc) is 3.22. The molecule has 2 atom stereocenters. The van der Waals surface area contributed by atoms with E-state index < -0.39 is 43.2 Å². The van der Waals surface area contributed by atoms with Crippen LogP contribution in [0.3, 0.4) is 0 Å². The van der Waals surface area contributed by atoms with Gasteiger partial charge in [-0.1, -0.05) is 60.1 Å². The van der Waals surface area contributed by atoms with Crippen molar-refractivity contribution in [3.8, 4) is 5.75 Å². The van der Waals surface area contributed by atoms with Gasteiger partial charge in [0.1, 0.15) is 17.0 Å². The van der Waals surface area contributed by atoms with Gasteiger partial charge in [0.2, 0.25) is 31.9 Å². The van der Waals surface area contributed by atoms with Crippen LogP contribution >= 0.6 is 11.6 Å². The Balaban J connectivity index is 1.43. The summed E-state index contributed by atoms with van der Waals surface area (Å²) >= 11 is 6.40. The van der Waals surface area contributed by atoms with E-state index in [0.717, 1.165) is 5.75 Å². The summed E-state index contributed by atoms with van der Waals surface area (Å²) in [6, 6.07) is 20.4. The largest absolute Gasteiger partial charge is 0.494 e. The van der Waals surface area contributed by atoms with E-state index in [1.807, 2.05) is 35.1 Å². The lowest BCUT2D eigenvalue weighted by Gasteiger charge is -2.20. The van der Waals surface area contributed by atoms with Crippen molar-refractivity contribution in [1.29, 1.82) is 0 Å². The van der Waals surface area contributed by atoms with Gasteiger partial charge in [0.05, 0.1) is 17.9 Å². The molecule has 0 radical (unpaired) electrons. The average molecular weight is 620 g/mol. The van der Waals surface area contributed by atoms with Crippen LogP contribution in [0.15, 0.2) is 83.8 Å². The maximum Gasteiger partial charge on any atom is 0.242 e. The summed E-state index contributed by atoms with van der Waals surface area (Å²) in [4.78, 5) is 24.8. The summed E-state index contributed by atoms with van der Waals surface area (Å²) in [6.45, 7) is 0.771. The molecule has 2 unspecified atom stereocenters. The zero-order valence-electron chi connectivity index (χ0n) is 22.0. The van der Waals surface area contributed by atoms with Gasteiger partial charge in [-0.2, -0.15) is 4.72 Å². The Morgan fingerprint density at radius 1 is 1.02 bits per heavy atom. The first-order valence-corrected chi connectivity index (χ1v) is 16.3. The lowest BCUT2D eigenvalue weighted by atomic mass is 10.0. The summed E-state index contributed by atoms with van der Waals surface area (Å²) < 4.78 is 60.7. The van der Waals surface area contributed by atoms with Gasteiger partial charge < -0.3 is 10.1 Å². The third-order valence-corrected chi connectivity index (χ3v) is 9.90. The fourth-order valence-electron chi connectivity index (χ4n) is 4.33. The predicted molar refractivity (Wildman–Crippen MR) is 154 cm³/mol. The molecule has 0 saturated carbocycles. The van der Waals surface area contributed by atoms with Crippen molar-refractivity contribution in [2.45, 2.75) is 41.9 Å². The molecule has 2 amide bonds. The summed E-state index contributed by atoms with van der Waals surface area (Å²) in [5.74, 6) is -0.388. The second kappa shape index (κ2) is 13.5. The number of sulfonamides is 2.